The summed E-state index contributed by atoms with van der Waals surface area (Å²) < 4.78 is 58.3. The molecule has 1 fully saturated rings. The van der Waals surface area contributed by atoms with Crippen molar-refractivity contribution in [2.75, 3.05) is 13.1 Å². The predicted molar refractivity (Wildman–Crippen MR) is 80.1 cm³/mol. The van der Waals surface area contributed by atoms with Gasteiger partial charge in [-0.25, -0.2) is 17.2 Å². The largest absolute Gasteiger partial charge is 0.371 e. The molecule has 3 rings (SSSR count). The molecule has 2 aromatic carbocycles. The van der Waals surface area contributed by atoms with E-state index in [0.29, 0.717) is 5.56 Å². The van der Waals surface area contributed by atoms with Crippen LogP contribution in [-0.4, -0.2) is 31.9 Å². The van der Waals surface area contributed by atoms with E-state index in [1.807, 2.05) is 0 Å². The van der Waals surface area contributed by atoms with E-state index < -0.39 is 15.8 Å². The van der Waals surface area contributed by atoms with Crippen LogP contribution >= 0.6 is 0 Å². The molecule has 23 heavy (non-hydrogen) atoms. The van der Waals surface area contributed by atoms with Crippen molar-refractivity contribution in [1.29, 1.82) is 0 Å². The molecule has 0 unspecified atom stereocenters. The van der Waals surface area contributed by atoms with Crippen LogP contribution < -0.4 is 0 Å². The van der Waals surface area contributed by atoms with E-state index in [4.69, 9.17) is 4.74 Å². The molecule has 0 saturated carbocycles. The summed E-state index contributed by atoms with van der Waals surface area (Å²) in [6.45, 7) is 0.334. The Balaban J connectivity index is 1.59. The van der Waals surface area contributed by atoms with Crippen molar-refractivity contribution in [3.05, 3.63) is 65.7 Å². The quantitative estimate of drug-likeness (QED) is 0.841. The van der Waals surface area contributed by atoms with E-state index >= 15 is 0 Å². The number of sulfonamides is 1. The molecule has 0 aromatic heterocycles. The fourth-order valence-electron chi connectivity index (χ4n) is 2.32. The number of hydrogen-bond acceptors (Lipinski definition) is 3. The van der Waals surface area contributed by atoms with Gasteiger partial charge in [-0.1, -0.05) is 30.3 Å². The van der Waals surface area contributed by atoms with Crippen LogP contribution in [0.15, 0.2) is 53.4 Å². The van der Waals surface area contributed by atoms with Crippen LogP contribution in [-0.2, 0) is 21.4 Å². The predicted octanol–water partition coefficient (Wildman–Crippen LogP) is 2.55. The highest BCUT2D eigenvalue weighted by Crippen LogP contribution is 2.25. The number of hydrogen-bond donors (Lipinski definition) is 0. The van der Waals surface area contributed by atoms with Gasteiger partial charge in [0.25, 0.3) is 0 Å². The average Bonchev–Trinajstić information content (AvgIpc) is 2.47. The molecule has 122 valence electrons. The maximum atomic E-state index is 13.6. The molecule has 0 spiro atoms. The van der Waals surface area contributed by atoms with Crippen LogP contribution in [0.25, 0.3) is 0 Å². The van der Waals surface area contributed by atoms with Crippen molar-refractivity contribution in [2.24, 2.45) is 0 Å². The molecule has 1 heterocycles. The lowest BCUT2D eigenvalue weighted by molar-refractivity contribution is -0.0305. The molecule has 1 aliphatic rings. The minimum absolute atomic E-state index is 0.0743. The average molecular weight is 339 g/mol. The molecule has 0 amide bonds. The van der Waals surface area contributed by atoms with Gasteiger partial charge in [0, 0.05) is 18.7 Å². The summed E-state index contributed by atoms with van der Waals surface area (Å²) in [5.41, 5.74) is 0.419. The van der Waals surface area contributed by atoms with Crippen LogP contribution in [0.4, 0.5) is 8.78 Å². The summed E-state index contributed by atoms with van der Waals surface area (Å²) >= 11 is 0. The number of benzene rings is 2. The van der Waals surface area contributed by atoms with Crippen LogP contribution in [0.2, 0.25) is 0 Å². The van der Waals surface area contributed by atoms with Crippen molar-refractivity contribution in [2.45, 2.75) is 17.6 Å². The van der Waals surface area contributed by atoms with E-state index in [1.165, 1.54) is 24.3 Å². The van der Waals surface area contributed by atoms with Gasteiger partial charge in [-0.15, -0.1) is 0 Å². The lowest BCUT2D eigenvalue weighted by atomic mass is 10.2. The van der Waals surface area contributed by atoms with Gasteiger partial charge in [-0.2, -0.15) is 4.31 Å². The highest BCUT2D eigenvalue weighted by Gasteiger charge is 2.38. The molecular weight excluding hydrogens is 324 g/mol. The van der Waals surface area contributed by atoms with Gasteiger partial charge in [0.15, 0.2) is 0 Å². The highest BCUT2D eigenvalue weighted by atomic mass is 32.2. The van der Waals surface area contributed by atoms with E-state index in [9.17, 15) is 17.2 Å². The molecule has 0 atom stereocenters. The first-order valence-electron chi connectivity index (χ1n) is 7.08. The van der Waals surface area contributed by atoms with Crippen LogP contribution in [0, 0.1) is 11.6 Å². The second-order valence-corrected chi connectivity index (χ2v) is 7.18. The van der Waals surface area contributed by atoms with Gasteiger partial charge in [0.1, 0.15) is 16.5 Å². The number of nitrogens with zero attached hydrogens (tertiary/aromatic N) is 1. The van der Waals surface area contributed by atoms with E-state index in [-0.39, 0.29) is 36.5 Å². The monoisotopic (exact) mass is 339 g/mol. The van der Waals surface area contributed by atoms with Crippen molar-refractivity contribution in [3.63, 3.8) is 0 Å². The van der Waals surface area contributed by atoms with E-state index in [0.717, 1.165) is 10.4 Å². The van der Waals surface area contributed by atoms with Gasteiger partial charge in [0.2, 0.25) is 10.0 Å². The van der Waals surface area contributed by atoms with Gasteiger partial charge in [0.05, 0.1) is 12.7 Å². The Labute approximate surface area is 133 Å². The molecular formula is C16H15F2NO3S. The minimum atomic E-state index is -3.85. The number of rotatable bonds is 5. The topological polar surface area (TPSA) is 46.6 Å². The summed E-state index contributed by atoms with van der Waals surface area (Å²) in [4.78, 5) is -0.340. The Morgan fingerprint density at radius 1 is 1.00 bits per heavy atom. The molecule has 7 heteroatoms. The number of ether oxygens (including phenoxy) is 1. The van der Waals surface area contributed by atoms with E-state index in [1.54, 1.807) is 18.2 Å². The van der Waals surface area contributed by atoms with Crippen LogP contribution in [0.1, 0.15) is 5.56 Å². The Kier molecular flexibility index (Phi) is 4.43. The highest BCUT2D eigenvalue weighted by molar-refractivity contribution is 7.89. The standard InChI is InChI=1S/C16H15F2NO3S/c17-14-6-2-1-5-12(14)11-22-13-9-19(10-13)23(20,21)16-8-4-3-7-15(16)18/h1-8,13H,9-11H2. The summed E-state index contributed by atoms with van der Waals surface area (Å²) in [6.07, 6.45) is -0.323. The summed E-state index contributed by atoms with van der Waals surface area (Å²) in [5.74, 6) is -1.13. The third-order valence-corrected chi connectivity index (χ3v) is 5.57. The molecule has 0 aliphatic carbocycles. The first kappa shape index (κ1) is 16.0. The number of halogens is 2. The Hall–Kier alpha value is -1.83. The lowest BCUT2D eigenvalue weighted by Gasteiger charge is -2.37. The zero-order valence-corrected chi connectivity index (χ0v) is 13.0. The first-order chi connectivity index (χ1) is 11.0. The van der Waals surface area contributed by atoms with E-state index in [2.05, 4.69) is 0 Å². The Bertz CT molecular complexity index is 804. The Morgan fingerprint density at radius 2 is 1.61 bits per heavy atom. The van der Waals surface area contributed by atoms with Crippen molar-refractivity contribution >= 4 is 10.0 Å². The normalized spacial score (nSPS) is 16.3. The molecule has 0 radical (unpaired) electrons. The first-order valence-corrected chi connectivity index (χ1v) is 8.52. The molecule has 2 aromatic rings. The maximum absolute atomic E-state index is 13.6. The fourth-order valence-corrected chi connectivity index (χ4v) is 3.89. The van der Waals surface area contributed by atoms with Gasteiger partial charge >= 0.3 is 0 Å². The zero-order chi connectivity index (χ0) is 16.4. The lowest BCUT2D eigenvalue weighted by Crippen LogP contribution is -2.54. The van der Waals surface area contributed by atoms with Gasteiger partial charge in [-0.3, -0.25) is 0 Å². The molecule has 0 N–H and O–H groups in total. The summed E-state index contributed by atoms with van der Waals surface area (Å²) in [7, 11) is -3.85. The molecule has 0 bridgehead atoms. The Morgan fingerprint density at radius 3 is 2.26 bits per heavy atom. The third kappa shape index (κ3) is 3.26. The van der Waals surface area contributed by atoms with Crippen molar-refractivity contribution in [3.8, 4) is 0 Å². The summed E-state index contributed by atoms with van der Waals surface area (Å²) in [5, 5.41) is 0. The van der Waals surface area contributed by atoms with Crippen molar-refractivity contribution in [1.82, 2.24) is 4.31 Å². The van der Waals surface area contributed by atoms with Crippen molar-refractivity contribution < 1.29 is 21.9 Å². The minimum Gasteiger partial charge on any atom is -0.371 e. The SMILES string of the molecule is O=S(=O)(c1ccccc1F)N1CC(OCc2ccccc2F)C1. The summed E-state index contributed by atoms with van der Waals surface area (Å²) in [6, 6.07) is 11.5. The second kappa shape index (κ2) is 6.35. The fraction of sp³-hybridized carbons (Fsp3) is 0.250. The maximum Gasteiger partial charge on any atom is 0.246 e. The van der Waals surface area contributed by atoms with Gasteiger partial charge < -0.3 is 4.74 Å². The van der Waals surface area contributed by atoms with Crippen LogP contribution in [0.5, 0.6) is 0 Å². The third-order valence-electron chi connectivity index (χ3n) is 3.70. The zero-order valence-electron chi connectivity index (χ0n) is 12.2. The van der Waals surface area contributed by atoms with Gasteiger partial charge in [-0.05, 0) is 18.2 Å². The molecule has 4 nitrogen and oxygen atoms in total. The molecule has 1 saturated heterocycles. The van der Waals surface area contributed by atoms with Crippen LogP contribution in [0.3, 0.4) is 0 Å². The second-order valence-electron chi connectivity index (χ2n) is 5.28. The smallest absolute Gasteiger partial charge is 0.246 e. The molecule has 1 aliphatic heterocycles.